The van der Waals surface area contributed by atoms with Crippen LogP contribution in [0, 0.1) is 0 Å². The largest absolute Gasteiger partial charge is 0.461 e. The number of rotatable bonds is 5. The molecule has 0 fully saturated rings. The van der Waals surface area contributed by atoms with E-state index in [9.17, 15) is 9.59 Å². The maximum atomic E-state index is 11.9. The average Bonchev–Trinajstić information content (AvgIpc) is 2.80. The van der Waals surface area contributed by atoms with Crippen molar-refractivity contribution in [1.29, 1.82) is 0 Å². The summed E-state index contributed by atoms with van der Waals surface area (Å²) in [5, 5.41) is 2.75. The van der Waals surface area contributed by atoms with Crippen LogP contribution in [-0.2, 0) is 23.0 Å². The van der Waals surface area contributed by atoms with E-state index in [1.165, 1.54) is 0 Å². The Hall–Kier alpha value is -2.63. The van der Waals surface area contributed by atoms with Gasteiger partial charge in [-0.2, -0.15) is 0 Å². The molecule has 1 N–H and O–H groups in total. The maximum Gasteiger partial charge on any atom is 0.355 e. The molecule has 110 valence electrons. The fourth-order valence-corrected chi connectivity index (χ4v) is 1.93. The Labute approximate surface area is 122 Å². The molecule has 0 saturated carbocycles. The first-order valence-corrected chi connectivity index (χ1v) is 6.62. The van der Waals surface area contributed by atoms with Crippen molar-refractivity contribution < 1.29 is 14.3 Å². The fourth-order valence-electron chi connectivity index (χ4n) is 1.93. The minimum Gasteiger partial charge on any atom is -0.461 e. The van der Waals surface area contributed by atoms with Gasteiger partial charge < -0.3 is 14.6 Å². The molecule has 2 heterocycles. The Morgan fingerprint density at radius 3 is 2.90 bits per heavy atom. The second-order valence-electron chi connectivity index (χ2n) is 4.53. The summed E-state index contributed by atoms with van der Waals surface area (Å²) in [7, 11) is 1.73. The lowest BCUT2D eigenvalue weighted by Crippen LogP contribution is -2.14. The zero-order valence-corrected chi connectivity index (χ0v) is 12.0. The molecule has 6 nitrogen and oxygen atoms in total. The third-order valence-electron chi connectivity index (χ3n) is 2.86. The number of carbonyl (C=O) groups is 2. The van der Waals surface area contributed by atoms with E-state index in [0.717, 1.165) is 5.56 Å². The topological polar surface area (TPSA) is 73.2 Å². The van der Waals surface area contributed by atoms with E-state index in [1.54, 1.807) is 49.3 Å². The average molecular weight is 287 g/mol. The molecule has 6 heteroatoms. The molecular weight excluding hydrogens is 270 g/mol. The molecule has 0 atom stereocenters. The lowest BCUT2D eigenvalue weighted by atomic mass is 10.2. The van der Waals surface area contributed by atoms with Crippen LogP contribution in [0.1, 0.15) is 23.0 Å². The predicted octanol–water partition coefficient (Wildman–Crippen LogP) is 1.78. The minimum atomic E-state index is -0.409. The van der Waals surface area contributed by atoms with Gasteiger partial charge in [-0.15, -0.1) is 0 Å². The number of aromatic nitrogens is 2. The smallest absolute Gasteiger partial charge is 0.355 e. The second-order valence-corrected chi connectivity index (χ2v) is 4.53. The van der Waals surface area contributed by atoms with Crippen LogP contribution in [0.15, 0.2) is 36.8 Å². The first-order chi connectivity index (χ1) is 10.1. The lowest BCUT2D eigenvalue weighted by Gasteiger charge is -2.02. The predicted molar refractivity (Wildman–Crippen MR) is 77.9 cm³/mol. The quantitative estimate of drug-likeness (QED) is 0.851. The second kappa shape index (κ2) is 6.69. The minimum absolute atomic E-state index is 0.163. The number of hydrogen-bond donors (Lipinski definition) is 1. The van der Waals surface area contributed by atoms with Crippen molar-refractivity contribution in [2.45, 2.75) is 13.3 Å². The van der Waals surface area contributed by atoms with E-state index in [4.69, 9.17) is 4.74 Å². The Bertz CT molecular complexity index is 635. The molecule has 0 radical (unpaired) electrons. The van der Waals surface area contributed by atoms with Gasteiger partial charge in [0, 0.05) is 25.6 Å². The number of hydrogen-bond acceptors (Lipinski definition) is 4. The normalized spacial score (nSPS) is 10.2. The van der Waals surface area contributed by atoms with Crippen LogP contribution in [0.2, 0.25) is 0 Å². The molecule has 21 heavy (non-hydrogen) atoms. The summed E-state index contributed by atoms with van der Waals surface area (Å²) in [4.78, 5) is 27.6. The Morgan fingerprint density at radius 2 is 2.24 bits per heavy atom. The third kappa shape index (κ3) is 3.92. The molecule has 0 aromatic carbocycles. The van der Waals surface area contributed by atoms with Crippen LogP contribution < -0.4 is 5.32 Å². The summed E-state index contributed by atoms with van der Waals surface area (Å²) in [6.07, 6.45) is 5.21. The molecule has 0 aliphatic rings. The van der Waals surface area contributed by atoms with E-state index >= 15 is 0 Å². The van der Waals surface area contributed by atoms with Gasteiger partial charge in [0.1, 0.15) is 5.69 Å². The number of aryl methyl sites for hydroxylation is 1. The van der Waals surface area contributed by atoms with Gasteiger partial charge in [0.2, 0.25) is 5.91 Å². The number of pyridine rings is 1. The summed E-state index contributed by atoms with van der Waals surface area (Å²) in [6, 6.07) is 5.21. The van der Waals surface area contributed by atoms with Crippen molar-refractivity contribution in [2.24, 2.45) is 7.05 Å². The molecular formula is C15H17N3O3. The number of esters is 1. The summed E-state index contributed by atoms with van der Waals surface area (Å²) in [5.74, 6) is -0.572. The Kier molecular flexibility index (Phi) is 4.71. The highest BCUT2D eigenvalue weighted by atomic mass is 16.5. The number of anilines is 1. The van der Waals surface area contributed by atoms with Crippen LogP contribution in [0.5, 0.6) is 0 Å². The molecule has 0 spiro atoms. The number of ether oxygens (including phenoxy) is 1. The van der Waals surface area contributed by atoms with Crippen molar-refractivity contribution in [3.8, 4) is 0 Å². The highest BCUT2D eigenvalue weighted by Gasteiger charge is 2.14. The van der Waals surface area contributed by atoms with Crippen molar-refractivity contribution in [3.63, 3.8) is 0 Å². The van der Waals surface area contributed by atoms with E-state index in [0.29, 0.717) is 18.0 Å². The monoisotopic (exact) mass is 287 g/mol. The molecule has 0 unspecified atom stereocenters. The van der Waals surface area contributed by atoms with Gasteiger partial charge in [-0.25, -0.2) is 4.79 Å². The first kappa shape index (κ1) is 14.8. The number of nitrogens with one attached hydrogen (secondary N) is 1. The number of nitrogens with zero attached hydrogens (tertiary/aromatic N) is 2. The molecule has 0 aliphatic heterocycles. The van der Waals surface area contributed by atoms with Gasteiger partial charge in [0.15, 0.2) is 0 Å². The number of amides is 1. The fraction of sp³-hybridized carbons (Fsp3) is 0.267. The molecule has 0 saturated heterocycles. The van der Waals surface area contributed by atoms with Gasteiger partial charge in [-0.3, -0.25) is 9.78 Å². The summed E-state index contributed by atoms with van der Waals surface area (Å²) < 4.78 is 6.56. The molecule has 2 aromatic rings. The van der Waals surface area contributed by atoms with Crippen LogP contribution in [0.4, 0.5) is 5.69 Å². The van der Waals surface area contributed by atoms with Crippen molar-refractivity contribution >= 4 is 17.6 Å². The standard InChI is InChI=1S/C15H17N3O3/c1-3-21-15(20)13-8-12(10-18(13)2)17-14(19)7-11-5-4-6-16-9-11/h4-6,8-10H,3,7H2,1-2H3,(H,17,19). The highest BCUT2D eigenvalue weighted by Crippen LogP contribution is 2.14. The van der Waals surface area contributed by atoms with E-state index < -0.39 is 5.97 Å². The molecule has 2 aromatic heterocycles. The van der Waals surface area contributed by atoms with Crippen LogP contribution in [-0.4, -0.2) is 28.0 Å². The maximum absolute atomic E-state index is 11.9. The van der Waals surface area contributed by atoms with Gasteiger partial charge in [0.05, 0.1) is 18.7 Å². The zero-order chi connectivity index (χ0) is 15.2. The molecule has 0 bridgehead atoms. The van der Waals surface area contributed by atoms with Crippen LogP contribution >= 0.6 is 0 Å². The first-order valence-electron chi connectivity index (χ1n) is 6.62. The molecule has 1 amide bonds. The van der Waals surface area contributed by atoms with Gasteiger partial charge in [0.25, 0.3) is 0 Å². The lowest BCUT2D eigenvalue weighted by molar-refractivity contribution is -0.115. The van der Waals surface area contributed by atoms with Gasteiger partial charge in [-0.1, -0.05) is 6.07 Å². The van der Waals surface area contributed by atoms with Crippen LogP contribution in [0.25, 0.3) is 0 Å². The van der Waals surface area contributed by atoms with Crippen molar-refractivity contribution in [1.82, 2.24) is 9.55 Å². The zero-order valence-electron chi connectivity index (χ0n) is 12.0. The third-order valence-corrected chi connectivity index (χ3v) is 2.86. The molecule has 2 rings (SSSR count). The SMILES string of the molecule is CCOC(=O)c1cc(NC(=O)Cc2cccnc2)cn1C. The summed E-state index contributed by atoms with van der Waals surface area (Å²) in [5.41, 5.74) is 1.79. The van der Waals surface area contributed by atoms with E-state index in [2.05, 4.69) is 10.3 Å². The van der Waals surface area contributed by atoms with Crippen LogP contribution in [0.3, 0.4) is 0 Å². The number of carbonyl (C=O) groups excluding carboxylic acids is 2. The van der Waals surface area contributed by atoms with E-state index in [1.807, 2.05) is 6.07 Å². The Balaban J connectivity index is 2.01. The summed E-state index contributed by atoms with van der Waals surface area (Å²) in [6.45, 7) is 2.06. The molecule has 0 aliphatic carbocycles. The summed E-state index contributed by atoms with van der Waals surface area (Å²) >= 11 is 0. The Morgan fingerprint density at radius 1 is 1.43 bits per heavy atom. The van der Waals surface area contributed by atoms with E-state index in [-0.39, 0.29) is 12.3 Å². The van der Waals surface area contributed by atoms with Crippen molar-refractivity contribution in [2.75, 3.05) is 11.9 Å². The van der Waals surface area contributed by atoms with Gasteiger partial charge >= 0.3 is 5.97 Å². The van der Waals surface area contributed by atoms with Gasteiger partial charge in [-0.05, 0) is 24.6 Å². The highest BCUT2D eigenvalue weighted by molar-refractivity contribution is 5.95. The van der Waals surface area contributed by atoms with Crippen molar-refractivity contribution in [3.05, 3.63) is 48.0 Å².